The van der Waals surface area contributed by atoms with Gasteiger partial charge in [0.1, 0.15) is 11.3 Å². The van der Waals surface area contributed by atoms with E-state index in [2.05, 4.69) is 0 Å². The third kappa shape index (κ3) is 3.07. The van der Waals surface area contributed by atoms with Crippen LogP contribution in [0.5, 0.6) is 5.75 Å². The smallest absolute Gasteiger partial charge is 0.342 e. The van der Waals surface area contributed by atoms with Crippen LogP contribution >= 0.6 is 11.8 Å². The number of carboxylic acid groups (broad SMARTS) is 1. The minimum absolute atomic E-state index is 0.129. The Morgan fingerprint density at radius 3 is 2.25 bits per heavy atom. The second kappa shape index (κ2) is 5.62. The number of hydrogen-bond donors (Lipinski definition) is 2. The third-order valence-corrected chi connectivity index (χ3v) is 3.47. The van der Waals surface area contributed by atoms with Gasteiger partial charge in [0.05, 0.1) is 4.92 Å². The Morgan fingerprint density at radius 1 is 1.10 bits per heavy atom. The molecule has 0 amide bonds. The summed E-state index contributed by atoms with van der Waals surface area (Å²) in [4.78, 5) is 22.4. The van der Waals surface area contributed by atoms with Crippen molar-refractivity contribution in [1.82, 2.24) is 0 Å². The molecule has 102 valence electrons. The normalized spacial score (nSPS) is 10.2. The predicted molar refractivity (Wildman–Crippen MR) is 72.3 cm³/mol. The highest BCUT2D eigenvalue weighted by atomic mass is 32.2. The molecule has 0 aliphatic rings. The first kappa shape index (κ1) is 13.9. The molecule has 6 nitrogen and oxygen atoms in total. The standard InChI is InChI=1S/C13H9NO5S/c15-8-1-3-9(4-2-8)20-10-5-6-12(14(18)19)11(7-10)13(16)17/h1-7,15H,(H,16,17). The molecule has 0 heterocycles. The number of carbonyl (C=O) groups is 1. The van der Waals surface area contributed by atoms with E-state index in [1.54, 1.807) is 12.1 Å². The second-order valence-corrected chi connectivity index (χ2v) is 4.98. The van der Waals surface area contributed by atoms with Gasteiger partial charge in [-0.15, -0.1) is 0 Å². The lowest BCUT2D eigenvalue weighted by Crippen LogP contribution is -2.02. The maximum Gasteiger partial charge on any atom is 0.342 e. The van der Waals surface area contributed by atoms with Crippen molar-refractivity contribution in [3.63, 3.8) is 0 Å². The van der Waals surface area contributed by atoms with E-state index in [4.69, 9.17) is 5.11 Å². The first-order valence-corrected chi connectivity index (χ1v) is 6.27. The molecule has 2 N–H and O–H groups in total. The number of phenolic OH excluding ortho intramolecular Hbond substituents is 1. The van der Waals surface area contributed by atoms with E-state index >= 15 is 0 Å². The fourth-order valence-corrected chi connectivity index (χ4v) is 2.42. The molecule has 20 heavy (non-hydrogen) atoms. The van der Waals surface area contributed by atoms with E-state index in [0.29, 0.717) is 4.90 Å². The quantitative estimate of drug-likeness (QED) is 0.663. The van der Waals surface area contributed by atoms with E-state index in [1.165, 1.54) is 42.1 Å². The van der Waals surface area contributed by atoms with Gasteiger partial charge in [-0.25, -0.2) is 4.79 Å². The van der Waals surface area contributed by atoms with Crippen LogP contribution in [0.4, 0.5) is 5.69 Å². The molecule has 7 heteroatoms. The van der Waals surface area contributed by atoms with Gasteiger partial charge in [-0.3, -0.25) is 10.1 Å². The fourth-order valence-electron chi connectivity index (χ4n) is 1.56. The topological polar surface area (TPSA) is 101 Å². The van der Waals surface area contributed by atoms with Gasteiger partial charge in [-0.05, 0) is 36.4 Å². The van der Waals surface area contributed by atoms with Gasteiger partial charge >= 0.3 is 5.97 Å². The summed E-state index contributed by atoms with van der Waals surface area (Å²) in [5.74, 6) is -1.21. The second-order valence-electron chi connectivity index (χ2n) is 3.84. The van der Waals surface area contributed by atoms with E-state index in [1.807, 2.05) is 0 Å². The molecule has 0 fully saturated rings. The van der Waals surface area contributed by atoms with E-state index in [-0.39, 0.29) is 11.3 Å². The SMILES string of the molecule is O=C(O)c1cc(Sc2ccc(O)cc2)ccc1[N+](=O)[O-]. The zero-order chi connectivity index (χ0) is 14.7. The van der Waals surface area contributed by atoms with Crippen LogP contribution in [0.2, 0.25) is 0 Å². The van der Waals surface area contributed by atoms with E-state index in [0.717, 1.165) is 4.90 Å². The summed E-state index contributed by atoms with van der Waals surface area (Å²) in [7, 11) is 0. The van der Waals surface area contributed by atoms with Crippen molar-refractivity contribution in [1.29, 1.82) is 0 Å². The van der Waals surface area contributed by atoms with Gasteiger partial charge in [-0.1, -0.05) is 11.8 Å². The van der Waals surface area contributed by atoms with Gasteiger partial charge in [0.15, 0.2) is 0 Å². The molecule has 0 atom stereocenters. The molecule has 0 saturated carbocycles. The minimum atomic E-state index is -1.34. The lowest BCUT2D eigenvalue weighted by atomic mass is 10.2. The van der Waals surface area contributed by atoms with Crippen molar-refractivity contribution in [2.75, 3.05) is 0 Å². The fraction of sp³-hybridized carbons (Fsp3) is 0. The average Bonchev–Trinajstić information content (AvgIpc) is 2.41. The summed E-state index contributed by atoms with van der Waals surface area (Å²) in [6.07, 6.45) is 0. The molecule has 0 aliphatic carbocycles. The van der Waals surface area contributed by atoms with Gasteiger partial charge < -0.3 is 10.2 Å². The summed E-state index contributed by atoms with van der Waals surface area (Å²) >= 11 is 1.25. The van der Waals surface area contributed by atoms with Gasteiger partial charge in [-0.2, -0.15) is 0 Å². The Balaban J connectivity index is 2.34. The van der Waals surface area contributed by atoms with E-state index < -0.39 is 16.6 Å². The molecule has 0 aliphatic heterocycles. The Hall–Kier alpha value is -2.54. The maximum absolute atomic E-state index is 11.0. The maximum atomic E-state index is 11.0. The van der Waals surface area contributed by atoms with Gasteiger partial charge in [0.2, 0.25) is 0 Å². The molecular formula is C13H9NO5S. The Labute approximate surface area is 117 Å². The highest BCUT2D eigenvalue weighted by molar-refractivity contribution is 7.99. The number of benzene rings is 2. The monoisotopic (exact) mass is 291 g/mol. The number of aromatic hydroxyl groups is 1. The van der Waals surface area contributed by atoms with Crippen LogP contribution in [0.3, 0.4) is 0 Å². The number of nitrogens with zero attached hydrogens (tertiary/aromatic N) is 1. The lowest BCUT2D eigenvalue weighted by Gasteiger charge is -2.04. The summed E-state index contributed by atoms with van der Waals surface area (Å²) in [6, 6.07) is 10.3. The number of aromatic carboxylic acids is 1. The molecule has 0 aromatic heterocycles. The number of hydrogen-bond acceptors (Lipinski definition) is 5. The number of phenols is 1. The zero-order valence-corrected chi connectivity index (χ0v) is 10.8. The van der Waals surface area contributed by atoms with E-state index in [9.17, 15) is 20.0 Å². The number of nitro benzene ring substituents is 1. The van der Waals surface area contributed by atoms with Crippen LogP contribution in [-0.4, -0.2) is 21.1 Å². The number of nitro groups is 1. The largest absolute Gasteiger partial charge is 0.508 e. The van der Waals surface area contributed by atoms with Crippen LogP contribution in [0.1, 0.15) is 10.4 Å². The summed E-state index contributed by atoms with van der Waals surface area (Å²) in [5, 5.41) is 28.9. The van der Waals surface area contributed by atoms with Crippen molar-refractivity contribution in [2.24, 2.45) is 0 Å². The minimum Gasteiger partial charge on any atom is -0.508 e. The van der Waals surface area contributed by atoms with Crippen LogP contribution in [0.15, 0.2) is 52.3 Å². The molecular weight excluding hydrogens is 282 g/mol. The van der Waals surface area contributed by atoms with Crippen molar-refractivity contribution in [3.8, 4) is 5.75 Å². The highest BCUT2D eigenvalue weighted by Gasteiger charge is 2.20. The Bertz CT molecular complexity index is 669. The van der Waals surface area contributed by atoms with Crippen LogP contribution in [0.25, 0.3) is 0 Å². The molecule has 0 radical (unpaired) electrons. The van der Waals surface area contributed by atoms with Crippen LogP contribution in [-0.2, 0) is 0 Å². The van der Waals surface area contributed by atoms with Gasteiger partial charge in [0, 0.05) is 15.9 Å². The van der Waals surface area contributed by atoms with Crippen molar-refractivity contribution in [2.45, 2.75) is 9.79 Å². The molecule has 0 bridgehead atoms. The van der Waals surface area contributed by atoms with Crippen molar-refractivity contribution in [3.05, 3.63) is 58.1 Å². The van der Waals surface area contributed by atoms with Crippen molar-refractivity contribution < 1.29 is 19.9 Å². The Kier molecular flexibility index (Phi) is 3.90. The average molecular weight is 291 g/mol. The Morgan fingerprint density at radius 2 is 1.70 bits per heavy atom. The van der Waals surface area contributed by atoms with Crippen LogP contribution < -0.4 is 0 Å². The number of rotatable bonds is 4. The number of carboxylic acids is 1. The highest BCUT2D eigenvalue weighted by Crippen LogP contribution is 2.32. The first-order valence-electron chi connectivity index (χ1n) is 5.46. The predicted octanol–water partition coefficient (Wildman–Crippen LogP) is 3.15. The van der Waals surface area contributed by atoms with Crippen LogP contribution in [0, 0.1) is 10.1 Å². The molecule has 0 spiro atoms. The molecule has 2 aromatic rings. The summed E-state index contributed by atoms with van der Waals surface area (Å²) in [6.45, 7) is 0. The molecule has 2 rings (SSSR count). The lowest BCUT2D eigenvalue weighted by molar-refractivity contribution is -0.385. The molecule has 0 saturated heterocycles. The first-order chi connectivity index (χ1) is 9.47. The summed E-state index contributed by atoms with van der Waals surface area (Å²) < 4.78 is 0. The van der Waals surface area contributed by atoms with Crippen molar-refractivity contribution >= 4 is 23.4 Å². The zero-order valence-electron chi connectivity index (χ0n) is 10.0. The molecule has 2 aromatic carbocycles. The summed E-state index contributed by atoms with van der Waals surface area (Å²) in [5.41, 5.74) is -0.786. The third-order valence-electron chi connectivity index (χ3n) is 2.47. The van der Waals surface area contributed by atoms with Gasteiger partial charge in [0.25, 0.3) is 5.69 Å². The molecule has 0 unspecified atom stereocenters.